The van der Waals surface area contributed by atoms with Gasteiger partial charge in [0.1, 0.15) is 12.9 Å². The Labute approximate surface area is 100 Å². The normalized spacial score (nSPS) is 11.6. The SMILES string of the molecule is Cn1nc(C(F)(F)F)cc1COc1cncnc1. The summed E-state index contributed by atoms with van der Waals surface area (Å²) in [5.74, 6) is 0.382. The van der Waals surface area contributed by atoms with Gasteiger partial charge >= 0.3 is 6.18 Å². The number of aromatic nitrogens is 4. The van der Waals surface area contributed by atoms with E-state index in [0.717, 1.165) is 10.7 Å². The Bertz CT molecular complexity index is 524. The molecule has 0 radical (unpaired) electrons. The largest absolute Gasteiger partial charge is 0.484 e. The number of nitrogens with zero attached hydrogens (tertiary/aromatic N) is 4. The van der Waals surface area contributed by atoms with Crippen LogP contribution >= 0.6 is 0 Å². The number of alkyl halides is 3. The molecule has 2 aromatic heterocycles. The summed E-state index contributed by atoms with van der Waals surface area (Å²) in [5, 5.41) is 3.37. The van der Waals surface area contributed by atoms with Crippen molar-refractivity contribution in [1.82, 2.24) is 19.7 Å². The van der Waals surface area contributed by atoms with Crippen LogP contribution in [0.5, 0.6) is 5.75 Å². The van der Waals surface area contributed by atoms with Gasteiger partial charge in [-0.2, -0.15) is 18.3 Å². The summed E-state index contributed by atoms with van der Waals surface area (Å²) in [6.45, 7) is -0.0348. The smallest absolute Gasteiger partial charge is 0.435 e. The van der Waals surface area contributed by atoms with Crippen LogP contribution in [0.1, 0.15) is 11.4 Å². The molecule has 0 fully saturated rings. The Hall–Kier alpha value is -2.12. The predicted octanol–water partition coefficient (Wildman–Crippen LogP) is 1.81. The fraction of sp³-hybridized carbons (Fsp3) is 0.300. The second kappa shape index (κ2) is 4.63. The molecule has 2 rings (SSSR count). The first-order valence-electron chi connectivity index (χ1n) is 4.95. The first kappa shape index (κ1) is 12.3. The lowest BCUT2D eigenvalue weighted by molar-refractivity contribution is -0.141. The van der Waals surface area contributed by atoms with Crippen molar-refractivity contribution >= 4 is 0 Å². The third-order valence-corrected chi connectivity index (χ3v) is 2.19. The van der Waals surface area contributed by atoms with E-state index in [0.29, 0.717) is 11.4 Å². The Morgan fingerprint density at radius 3 is 2.50 bits per heavy atom. The van der Waals surface area contributed by atoms with E-state index in [-0.39, 0.29) is 6.61 Å². The molecule has 0 aromatic carbocycles. The van der Waals surface area contributed by atoms with Crippen LogP contribution in [0.2, 0.25) is 0 Å². The molecular weight excluding hydrogens is 249 g/mol. The van der Waals surface area contributed by atoms with Crippen molar-refractivity contribution in [2.75, 3.05) is 0 Å². The summed E-state index contributed by atoms with van der Waals surface area (Å²) in [6.07, 6.45) is -0.271. The zero-order valence-corrected chi connectivity index (χ0v) is 9.35. The van der Waals surface area contributed by atoms with Crippen LogP contribution in [0.4, 0.5) is 13.2 Å². The summed E-state index contributed by atoms with van der Waals surface area (Å²) in [4.78, 5) is 7.45. The quantitative estimate of drug-likeness (QED) is 0.842. The van der Waals surface area contributed by atoms with Crippen molar-refractivity contribution in [2.45, 2.75) is 12.8 Å². The maximum atomic E-state index is 12.4. The number of hydrogen-bond acceptors (Lipinski definition) is 4. The molecule has 0 spiro atoms. The molecule has 0 atom stereocenters. The topological polar surface area (TPSA) is 52.8 Å². The van der Waals surface area contributed by atoms with Crippen LogP contribution in [-0.4, -0.2) is 19.7 Å². The van der Waals surface area contributed by atoms with Crippen molar-refractivity contribution in [2.24, 2.45) is 7.05 Å². The van der Waals surface area contributed by atoms with Crippen molar-refractivity contribution < 1.29 is 17.9 Å². The summed E-state index contributed by atoms with van der Waals surface area (Å²) in [5.41, 5.74) is -0.626. The third-order valence-electron chi connectivity index (χ3n) is 2.19. The van der Waals surface area contributed by atoms with Gasteiger partial charge in [-0.05, 0) is 6.07 Å². The average Bonchev–Trinajstić information content (AvgIpc) is 2.69. The van der Waals surface area contributed by atoms with E-state index in [1.54, 1.807) is 0 Å². The molecule has 96 valence electrons. The molecule has 8 heteroatoms. The van der Waals surface area contributed by atoms with Crippen LogP contribution in [0.15, 0.2) is 24.8 Å². The molecule has 0 bridgehead atoms. The van der Waals surface area contributed by atoms with E-state index in [4.69, 9.17) is 4.74 Å². The van der Waals surface area contributed by atoms with Crippen molar-refractivity contribution in [3.63, 3.8) is 0 Å². The van der Waals surface area contributed by atoms with E-state index < -0.39 is 11.9 Å². The van der Waals surface area contributed by atoms with Crippen LogP contribution in [0, 0.1) is 0 Å². The Balaban J connectivity index is 2.09. The maximum absolute atomic E-state index is 12.4. The van der Waals surface area contributed by atoms with Gasteiger partial charge in [0.2, 0.25) is 0 Å². The van der Waals surface area contributed by atoms with Crippen LogP contribution in [-0.2, 0) is 19.8 Å². The van der Waals surface area contributed by atoms with E-state index in [1.165, 1.54) is 25.8 Å². The molecule has 0 amide bonds. The third kappa shape index (κ3) is 2.76. The minimum Gasteiger partial charge on any atom is -0.484 e. The highest BCUT2D eigenvalue weighted by Crippen LogP contribution is 2.28. The molecular formula is C10H9F3N4O. The Morgan fingerprint density at radius 2 is 1.94 bits per heavy atom. The van der Waals surface area contributed by atoms with E-state index in [2.05, 4.69) is 15.1 Å². The maximum Gasteiger partial charge on any atom is 0.435 e. The van der Waals surface area contributed by atoms with Gasteiger partial charge in [0.15, 0.2) is 11.4 Å². The molecule has 0 saturated heterocycles. The van der Waals surface area contributed by atoms with E-state index in [1.807, 2.05) is 0 Å². The molecule has 2 heterocycles. The van der Waals surface area contributed by atoms with Crippen LogP contribution in [0.3, 0.4) is 0 Å². The standard InChI is InChI=1S/C10H9F3N4O/c1-17-7(2-9(16-17)10(11,12)13)5-18-8-3-14-6-15-4-8/h2-4,6H,5H2,1H3. The molecule has 18 heavy (non-hydrogen) atoms. The summed E-state index contributed by atoms with van der Waals surface area (Å²) < 4.78 is 43.6. The van der Waals surface area contributed by atoms with E-state index >= 15 is 0 Å². The second-order valence-corrected chi connectivity index (χ2v) is 3.51. The molecule has 0 N–H and O–H groups in total. The van der Waals surface area contributed by atoms with Gasteiger partial charge in [-0.25, -0.2) is 9.97 Å². The molecule has 0 aliphatic rings. The average molecular weight is 258 g/mol. The van der Waals surface area contributed by atoms with Gasteiger partial charge in [0, 0.05) is 7.05 Å². The number of halogens is 3. The molecule has 0 aliphatic heterocycles. The van der Waals surface area contributed by atoms with Crippen LogP contribution in [0.25, 0.3) is 0 Å². The van der Waals surface area contributed by atoms with Crippen LogP contribution < -0.4 is 4.74 Å². The molecule has 5 nitrogen and oxygen atoms in total. The lowest BCUT2D eigenvalue weighted by Crippen LogP contribution is -2.06. The number of ether oxygens (including phenoxy) is 1. The van der Waals surface area contributed by atoms with Gasteiger partial charge in [0.25, 0.3) is 0 Å². The Kier molecular flexibility index (Phi) is 3.17. The van der Waals surface area contributed by atoms with Crippen molar-refractivity contribution in [1.29, 1.82) is 0 Å². The summed E-state index contributed by atoms with van der Waals surface area (Å²) >= 11 is 0. The van der Waals surface area contributed by atoms with Gasteiger partial charge in [-0.1, -0.05) is 0 Å². The highest BCUT2D eigenvalue weighted by molar-refractivity contribution is 5.15. The minimum atomic E-state index is -4.45. The summed E-state index contributed by atoms with van der Waals surface area (Å²) in [7, 11) is 1.43. The Morgan fingerprint density at radius 1 is 1.28 bits per heavy atom. The molecule has 2 aromatic rings. The number of rotatable bonds is 3. The summed E-state index contributed by atoms with van der Waals surface area (Å²) in [6, 6.07) is 0.948. The lowest BCUT2D eigenvalue weighted by Gasteiger charge is -2.04. The fourth-order valence-corrected chi connectivity index (χ4v) is 1.30. The molecule has 0 unspecified atom stereocenters. The fourth-order valence-electron chi connectivity index (χ4n) is 1.30. The minimum absolute atomic E-state index is 0.0348. The highest BCUT2D eigenvalue weighted by Gasteiger charge is 2.34. The van der Waals surface area contributed by atoms with Gasteiger partial charge in [-0.15, -0.1) is 0 Å². The number of aryl methyl sites for hydroxylation is 1. The molecule has 0 aliphatic carbocycles. The second-order valence-electron chi connectivity index (χ2n) is 3.51. The van der Waals surface area contributed by atoms with E-state index in [9.17, 15) is 13.2 Å². The predicted molar refractivity (Wildman–Crippen MR) is 54.6 cm³/mol. The lowest BCUT2D eigenvalue weighted by atomic mass is 10.3. The zero-order valence-electron chi connectivity index (χ0n) is 9.35. The van der Waals surface area contributed by atoms with Gasteiger partial charge in [0.05, 0.1) is 18.1 Å². The van der Waals surface area contributed by atoms with Gasteiger partial charge in [-0.3, -0.25) is 4.68 Å². The number of hydrogen-bond donors (Lipinski definition) is 0. The van der Waals surface area contributed by atoms with Crippen molar-refractivity contribution in [3.8, 4) is 5.75 Å². The highest BCUT2D eigenvalue weighted by atomic mass is 19.4. The van der Waals surface area contributed by atoms with Crippen molar-refractivity contribution in [3.05, 3.63) is 36.2 Å². The van der Waals surface area contributed by atoms with Gasteiger partial charge < -0.3 is 4.74 Å². The monoisotopic (exact) mass is 258 g/mol. The zero-order chi connectivity index (χ0) is 13.2. The molecule has 0 saturated carbocycles. The first-order valence-corrected chi connectivity index (χ1v) is 4.95. The first-order chi connectivity index (χ1) is 8.47.